The molecule has 1 aliphatic heterocycles. The molecule has 1 heterocycles. The van der Waals surface area contributed by atoms with Crippen LogP contribution in [-0.2, 0) is 0 Å². The number of nitrogens with one attached hydrogen (secondary N) is 1. The Kier molecular flexibility index (Phi) is 6.37. The molecular formula is C14H30N2. The first-order valence-corrected chi connectivity index (χ1v) is 7.09. The lowest BCUT2D eigenvalue weighted by atomic mass is 9.90. The Morgan fingerprint density at radius 2 is 1.75 bits per heavy atom. The second kappa shape index (κ2) is 7.29. The van der Waals surface area contributed by atoms with Crippen molar-refractivity contribution >= 4 is 0 Å². The molecule has 1 atom stereocenters. The molecule has 0 saturated carbocycles. The first kappa shape index (κ1) is 14.0. The zero-order chi connectivity index (χ0) is 12.0. The molecule has 0 aromatic carbocycles. The summed E-state index contributed by atoms with van der Waals surface area (Å²) in [5, 5.41) is 3.75. The van der Waals surface area contributed by atoms with E-state index in [0.717, 1.165) is 11.8 Å². The monoisotopic (exact) mass is 226 g/mol. The van der Waals surface area contributed by atoms with Gasteiger partial charge in [0.1, 0.15) is 0 Å². The van der Waals surface area contributed by atoms with E-state index in [9.17, 15) is 0 Å². The first-order valence-electron chi connectivity index (χ1n) is 7.09. The molecule has 0 bridgehead atoms. The fourth-order valence-electron chi connectivity index (χ4n) is 2.63. The molecule has 1 rings (SSSR count). The van der Waals surface area contributed by atoms with Crippen LogP contribution in [0.25, 0.3) is 0 Å². The number of rotatable bonds is 6. The van der Waals surface area contributed by atoms with Crippen molar-refractivity contribution < 1.29 is 0 Å². The average molecular weight is 226 g/mol. The van der Waals surface area contributed by atoms with Gasteiger partial charge in [0.05, 0.1) is 0 Å². The van der Waals surface area contributed by atoms with Crippen LogP contribution in [-0.4, -0.2) is 37.6 Å². The van der Waals surface area contributed by atoms with Gasteiger partial charge in [0.25, 0.3) is 0 Å². The van der Waals surface area contributed by atoms with Crippen LogP contribution in [0, 0.1) is 11.8 Å². The zero-order valence-corrected chi connectivity index (χ0v) is 11.6. The predicted molar refractivity (Wildman–Crippen MR) is 71.8 cm³/mol. The van der Waals surface area contributed by atoms with Crippen LogP contribution in [0.3, 0.4) is 0 Å². The summed E-state index contributed by atoms with van der Waals surface area (Å²) < 4.78 is 0. The Labute approximate surface area is 102 Å². The van der Waals surface area contributed by atoms with Crippen LogP contribution >= 0.6 is 0 Å². The summed E-state index contributed by atoms with van der Waals surface area (Å²) in [5.74, 6) is 1.76. The summed E-state index contributed by atoms with van der Waals surface area (Å²) >= 11 is 0. The van der Waals surface area contributed by atoms with Crippen LogP contribution in [0.2, 0.25) is 0 Å². The topological polar surface area (TPSA) is 15.3 Å². The van der Waals surface area contributed by atoms with E-state index in [1.807, 2.05) is 0 Å². The van der Waals surface area contributed by atoms with Gasteiger partial charge in [-0.25, -0.2) is 0 Å². The van der Waals surface area contributed by atoms with Crippen LogP contribution in [0.5, 0.6) is 0 Å². The summed E-state index contributed by atoms with van der Waals surface area (Å²) in [5.41, 5.74) is 0. The van der Waals surface area contributed by atoms with Crippen LogP contribution in [0.1, 0.15) is 46.5 Å². The van der Waals surface area contributed by atoms with Crippen molar-refractivity contribution in [2.75, 3.05) is 26.7 Å². The highest BCUT2D eigenvalue weighted by molar-refractivity contribution is 4.78. The standard InChI is InChI=1S/C14H30N2/c1-5-13(6-2)11-15-12(3)14-7-9-16(4)10-8-14/h12-15H,5-11H2,1-4H3. The Balaban J connectivity index is 2.21. The molecule has 16 heavy (non-hydrogen) atoms. The maximum absolute atomic E-state index is 3.75. The van der Waals surface area contributed by atoms with E-state index in [-0.39, 0.29) is 0 Å². The van der Waals surface area contributed by atoms with Crippen molar-refractivity contribution in [1.29, 1.82) is 0 Å². The van der Waals surface area contributed by atoms with Crippen molar-refractivity contribution in [1.82, 2.24) is 10.2 Å². The Hall–Kier alpha value is -0.0800. The van der Waals surface area contributed by atoms with Crippen molar-refractivity contribution in [3.63, 3.8) is 0 Å². The molecule has 0 aromatic heterocycles. The van der Waals surface area contributed by atoms with Crippen LogP contribution < -0.4 is 5.32 Å². The fraction of sp³-hybridized carbons (Fsp3) is 1.00. The smallest absolute Gasteiger partial charge is 0.00680 e. The third-order valence-electron chi connectivity index (χ3n) is 4.35. The van der Waals surface area contributed by atoms with E-state index < -0.39 is 0 Å². The van der Waals surface area contributed by atoms with E-state index in [1.54, 1.807) is 0 Å². The third-order valence-corrected chi connectivity index (χ3v) is 4.35. The Morgan fingerprint density at radius 3 is 2.25 bits per heavy atom. The van der Waals surface area contributed by atoms with E-state index >= 15 is 0 Å². The molecule has 0 radical (unpaired) electrons. The van der Waals surface area contributed by atoms with Crippen molar-refractivity contribution in [3.05, 3.63) is 0 Å². The Bertz CT molecular complexity index is 170. The minimum Gasteiger partial charge on any atom is -0.314 e. The molecule has 1 saturated heterocycles. The minimum atomic E-state index is 0.703. The number of hydrogen-bond acceptors (Lipinski definition) is 2. The maximum atomic E-state index is 3.75. The summed E-state index contributed by atoms with van der Waals surface area (Å²) in [7, 11) is 2.23. The molecule has 1 fully saturated rings. The number of likely N-dealkylation sites (tertiary alicyclic amines) is 1. The molecule has 1 aliphatic rings. The number of piperidine rings is 1. The van der Waals surface area contributed by atoms with Crippen LogP contribution in [0.15, 0.2) is 0 Å². The normalized spacial score (nSPS) is 21.6. The summed E-state index contributed by atoms with van der Waals surface area (Å²) in [6, 6.07) is 0.703. The highest BCUT2D eigenvalue weighted by Gasteiger charge is 2.22. The van der Waals surface area contributed by atoms with E-state index in [0.29, 0.717) is 6.04 Å². The summed E-state index contributed by atoms with van der Waals surface area (Å²) in [6.07, 6.45) is 5.36. The quantitative estimate of drug-likeness (QED) is 0.749. The van der Waals surface area contributed by atoms with Crippen molar-refractivity contribution in [2.45, 2.75) is 52.5 Å². The van der Waals surface area contributed by atoms with Gasteiger partial charge >= 0.3 is 0 Å². The first-order chi connectivity index (χ1) is 7.67. The highest BCUT2D eigenvalue weighted by Crippen LogP contribution is 2.20. The summed E-state index contributed by atoms with van der Waals surface area (Å²) in [6.45, 7) is 10.7. The second-order valence-electron chi connectivity index (χ2n) is 5.52. The number of hydrogen-bond donors (Lipinski definition) is 1. The van der Waals surface area contributed by atoms with E-state index in [4.69, 9.17) is 0 Å². The van der Waals surface area contributed by atoms with Gasteiger partial charge in [-0.1, -0.05) is 26.7 Å². The summed E-state index contributed by atoms with van der Waals surface area (Å²) in [4.78, 5) is 2.45. The SMILES string of the molecule is CCC(CC)CNC(C)C1CCN(C)CC1. The molecule has 0 spiro atoms. The van der Waals surface area contributed by atoms with Crippen molar-refractivity contribution in [2.24, 2.45) is 11.8 Å². The van der Waals surface area contributed by atoms with Gasteiger partial charge in [0.15, 0.2) is 0 Å². The molecule has 0 amide bonds. The fourth-order valence-corrected chi connectivity index (χ4v) is 2.63. The maximum Gasteiger partial charge on any atom is 0.00680 e. The zero-order valence-electron chi connectivity index (χ0n) is 11.6. The molecule has 0 aromatic rings. The molecule has 2 heteroatoms. The van der Waals surface area contributed by atoms with Crippen LogP contribution in [0.4, 0.5) is 0 Å². The van der Waals surface area contributed by atoms with Gasteiger partial charge in [-0.15, -0.1) is 0 Å². The number of nitrogens with zero attached hydrogens (tertiary/aromatic N) is 1. The molecule has 2 nitrogen and oxygen atoms in total. The lowest BCUT2D eigenvalue weighted by molar-refractivity contribution is 0.187. The molecule has 1 unspecified atom stereocenters. The lowest BCUT2D eigenvalue weighted by Crippen LogP contribution is -2.42. The lowest BCUT2D eigenvalue weighted by Gasteiger charge is -2.33. The van der Waals surface area contributed by atoms with Crippen molar-refractivity contribution in [3.8, 4) is 0 Å². The predicted octanol–water partition coefficient (Wildman–Crippen LogP) is 2.74. The molecular weight excluding hydrogens is 196 g/mol. The van der Waals surface area contributed by atoms with Gasteiger partial charge in [-0.05, 0) is 58.3 Å². The van der Waals surface area contributed by atoms with E-state index in [2.05, 4.69) is 38.0 Å². The third kappa shape index (κ3) is 4.42. The van der Waals surface area contributed by atoms with Gasteiger partial charge in [-0.2, -0.15) is 0 Å². The second-order valence-corrected chi connectivity index (χ2v) is 5.52. The largest absolute Gasteiger partial charge is 0.314 e. The average Bonchev–Trinajstić information content (AvgIpc) is 2.31. The molecule has 0 aliphatic carbocycles. The highest BCUT2D eigenvalue weighted by atomic mass is 15.1. The Morgan fingerprint density at radius 1 is 1.19 bits per heavy atom. The molecule has 1 N–H and O–H groups in total. The van der Waals surface area contributed by atoms with Gasteiger partial charge in [0.2, 0.25) is 0 Å². The minimum absolute atomic E-state index is 0.703. The molecule has 96 valence electrons. The van der Waals surface area contributed by atoms with Gasteiger partial charge < -0.3 is 10.2 Å². The van der Waals surface area contributed by atoms with Gasteiger partial charge in [-0.3, -0.25) is 0 Å². The van der Waals surface area contributed by atoms with Gasteiger partial charge in [0, 0.05) is 6.04 Å². The van der Waals surface area contributed by atoms with E-state index in [1.165, 1.54) is 45.3 Å².